The number of primary amides is 1. The topological polar surface area (TPSA) is 107 Å². The zero-order valence-corrected chi connectivity index (χ0v) is 16.6. The van der Waals surface area contributed by atoms with Crippen molar-refractivity contribution in [1.29, 1.82) is 0 Å². The van der Waals surface area contributed by atoms with Gasteiger partial charge in [-0.15, -0.1) is 11.3 Å². The SMILES string of the molecule is Cc1c(C(N)=O)sc2ncn(C(C)C(=O)Nc3cc(Cl)ccc3Cl)c(=O)c12. The Bertz CT molecular complexity index is 1140. The summed E-state index contributed by atoms with van der Waals surface area (Å²) in [5.74, 6) is -1.09. The van der Waals surface area contributed by atoms with Crippen LogP contribution in [0.4, 0.5) is 5.69 Å². The number of thiophene rings is 1. The molecular formula is C17H14Cl2N4O3S. The van der Waals surface area contributed by atoms with E-state index in [4.69, 9.17) is 28.9 Å². The third kappa shape index (κ3) is 3.55. The molecule has 140 valence electrons. The monoisotopic (exact) mass is 424 g/mol. The van der Waals surface area contributed by atoms with Crippen LogP contribution in [0.3, 0.4) is 0 Å². The lowest BCUT2D eigenvalue weighted by atomic mass is 10.2. The van der Waals surface area contributed by atoms with Gasteiger partial charge in [0.1, 0.15) is 10.9 Å². The molecule has 10 heteroatoms. The molecule has 3 aromatic rings. The molecule has 0 saturated heterocycles. The van der Waals surface area contributed by atoms with E-state index in [1.54, 1.807) is 26.0 Å². The number of benzene rings is 1. The second kappa shape index (κ2) is 7.30. The van der Waals surface area contributed by atoms with E-state index in [1.165, 1.54) is 17.0 Å². The number of anilines is 1. The Morgan fingerprint density at radius 3 is 2.70 bits per heavy atom. The first-order valence-corrected chi connectivity index (χ1v) is 9.34. The highest BCUT2D eigenvalue weighted by Gasteiger charge is 2.22. The van der Waals surface area contributed by atoms with Crippen molar-refractivity contribution in [3.63, 3.8) is 0 Å². The van der Waals surface area contributed by atoms with Crippen LogP contribution in [0.25, 0.3) is 10.2 Å². The highest BCUT2D eigenvalue weighted by molar-refractivity contribution is 7.20. The highest BCUT2D eigenvalue weighted by Crippen LogP contribution is 2.28. The van der Waals surface area contributed by atoms with Crippen LogP contribution in [-0.4, -0.2) is 21.4 Å². The number of aromatic nitrogens is 2. The Balaban J connectivity index is 1.99. The van der Waals surface area contributed by atoms with Crippen LogP contribution in [0, 0.1) is 6.92 Å². The quantitative estimate of drug-likeness (QED) is 0.668. The highest BCUT2D eigenvalue weighted by atomic mass is 35.5. The van der Waals surface area contributed by atoms with Gasteiger partial charge in [-0.05, 0) is 37.6 Å². The fraction of sp³-hybridized carbons (Fsp3) is 0.176. The number of hydrogen-bond acceptors (Lipinski definition) is 5. The van der Waals surface area contributed by atoms with E-state index >= 15 is 0 Å². The van der Waals surface area contributed by atoms with Crippen molar-refractivity contribution >= 4 is 62.3 Å². The molecule has 0 radical (unpaired) electrons. The number of nitrogens with one attached hydrogen (secondary N) is 1. The number of halogens is 2. The average Bonchev–Trinajstić information content (AvgIpc) is 2.95. The molecule has 27 heavy (non-hydrogen) atoms. The maximum Gasteiger partial charge on any atom is 0.263 e. The molecule has 3 rings (SSSR count). The number of carbonyl (C=O) groups is 2. The third-order valence-corrected chi connectivity index (χ3v) is 5.86. The van der Waals surface area contributed by atoms with Crippen LogP contribution in [0.2, 0.25) is 10.0 Å². The Kier molecular flexibility index (Phi) is 5.23. The largest absolute Gasteiger partial charge is 0.365 e. The molecule has 0 spiro atoms. The summed E-state index contributed by atoms with van der Waals surface area (Å²) in [6.45, 7) is 3.18. The maximum atomic E-state index is 12.9. The van der Waals surface area contributed by atoms with E-state index in [-0.39, 0.29) is 10.3 Å². The van der Waals surface area contributed by atoms with Crippen molar-refractivity contribution in [2.24, 2.45) is 5.73 Å². The molecule has 3 N–H and O–H groups in total. The molecule has 1 unspecified atom stereocenters. The van der Waals surface area contributed by atoms with Crippen LogP contribution in [0.1, 0.15) is 28.2 Å². The summed E-state index contributed by atoms with van der Waals surface area (Å²) >= 11 is 13.0. The summed E-state index contributed by atoms with van der Waals surface area (Å²) in [4.78, 5) is 41.8. The maximum absolute atomic E-state index is 12.9. The lowest BCUT2D eigenvalue weighted by molar-refractivity contribution is -0.118. The minimum Gasteiger partial charge on any atom is -0.365 e. The average molecular weight is 425 g/mol. The van der Waals surface area contributed by atoms with Gasteiger partial charge in [0.05, 0.1) is 27.3 Å². The third-order valence-electron chi connectivity index (χ3n) is 4.08. The Labute approximate surface area is 167 Å². The molecule has 0 aliphatic heterocycles. The van der Waals surface area contributed by atoms with Crippen molar-refractivity contribution in [1.82, 2.24) is 9.55 Å². The first kappa shape index (κ1) is 19.3. The zero-order valence-electron chi connectivity index (χ0n) is 14.2. The lowest BCUT2D eigenvalue weighted by Crippen LogP contribution is -2.31. The molecule has 2 aromatic heterocycles. The van der Waals surface area contributed by atoms with Crippen molar-refractivity contribution in [2.45, 2.75) is 19.9 Å². The molecule has 7 nitrogen and oxygen atoms in total. The molecule has 2 heterocycles. The number of amides is 2. The molecule has 0 aliphatic rings. The van der Waals surface area contributed by atoms with Gasteiger partial charge in [0, 0.05) is 5.02 Å². The molecule has 0 bridgehead atoms. The number of carbonyl (C=O) groups excluding carboxylic acids is 2. The summed E-state index contributed by atoms with van der Waals surface area (Å²) in [5, 5.41) is 3.66. The van der Waals surface area contributed by atoms with E-state index in [2.05, 4.69) is 10.3 Å². The Morgan fingerprint density at radius 2 is 2.04 bits per heavy atom. The molecule has 0 fully saturated rings. The van der Waals surface area contributed by atoms with Crippen LogP contribution >= 0.6 is 34.5 Å². The summed E-state index contributed by atoms with van der Waals surface area (Å²) in [7, 11) is 0. The number of rotatable bonds is 4. The normalized spacial score (nSPS) is 12.1. The Morgan fingerprint density at radius 1 is 1.33 bits per heavy atom. The van der Waals surface area contributed by atoms with Gasteiger partial charge in [-0.2, -0.15) is 0 Å². The first-order chi connectivity index (χ1) is 12.7. The van der Waals surface area contributed by atoms with Gasteiger partial charge in [-0.1, -0.05) is 23.2 Å². The molecule has 1 aromatic carbocycles. The van der Waals surface area contributed by atoms with Gasteiger partial charge in [-0.3, -0.25) is 19.0 Å². The number of nitrogens with two attached hydrogens (primary N) is 1. The van der Waals surface area contributed by atoms with Crippen molar-refractivity contribution in [2.75, 3.05) is 5.32 Å². The van der Waals surface area contributed by atoms with Crippen molar-refractivity contribution in [3.05, 3.63) is 55.4 Å². The number of aryl methyl sites for hydroxylation is 1. The Hall–Kier alpha value is -2.42. The molecule has 0 aliphatic carbocycles. The predicted octanol–water partition coefficient (Wildman–Crippen LogP) is 3.37. The van der Waals surface area contributed by atoms with E-state index in [0.29, 0.717) is 26.1 Å². The van der Waals surface area contributed by atoms with E-state index in [0.717, 1.165) is 11.3 Å². The van der Waals surface area contributed by atoms with Crippen molar-refractivity contribution in [3.8, 4) is 0 Å². The number of fused-ring (bicyclic) bond motifs is 1. The fourth-order valence-electron chi connectivity index (χ4n) is 2.60. The fourth-order valence-corrected chi connectivity index (χ4v) is 3.93. The molecule has 0 saturated carbocycles. The molecule has 2 amide bonds. The van der Waals surface area contributed by atoms with Crippen molar-refractivity contribution < 1.29 is 9.59 Å². The summed E-state index contributed by atoms with van der Waals surface area (Å²) in [5.41, 5.74) is 5.70. The van der Waals surface area contributed by atoms with Crippen LogP contribution in [0.15, 0.2) is 29.3 Å². The van der Waals surface area contributed by atoms with Gasteiger partial charge in [-0.25, -0.2) is 4.98 Å². The van der Waals surface area contributed by atoms with Gasteiger partial charge in [0.2, 0.25) is 5.91 Å². The summed E-state index contributed by atoms with van der Waals surface area (Å²) in [6.07, 6.45) is 1.27. The van der Waals surface area contributed by atoms with Gasteiger partial charge >= 0.3 is 0 Å². The van der Waals surface area contributed by atoms with Crippen LogP contribution < -0.4 is 16.6 Å². The van der Waals surface area contributed by atoms with Crippen LogP contribution in [0.5, 0.6) is 0 Å². The lowest BCUT2D eigenvalue weighted by Gasteiger charge is -2.15. The van der Waals surface area contributed by atoms with Gasteiger partial charge < -0.3 is 11.1 Å². The standard InChI is InChI=1S/C17H14Cl2N4O3S/c1-7-12-16(27-13(7)14(20)24)21-6-23(17(12)26)8(2)15(25)22-11-5-9(18)3-4-10(11)19/h3-6,8H,1-2H3,(H2,20,24)(H,22,25). The zero-order chi connectivity index (χ0) is 19.9. The summed E-state index contributed by atoms with van der Waals surface area (Å²) in [6, 6.07) is 3.80. The van der Waals surface area contributed by atoms with E-state index in [9.17, 15) is 14.4 Å². The van der Waals surface area contributed by atoms with Gasteiger partial charge in [0.25, 0.3) is 11.5 Å². The smallest absolute Gasteiger partial charge is 0.263 e. The van der Waals surface area contributed by atoms with E-state index < -0.39 is 23.4 Å². The number of nitrogens with zero attached hydrogens (tertiary/aromatic N) is 2. The second-order valence-electron chi connectivity index (χ2n) is 5.85. The number of hydrogen-bond donors (Lipinski definition) is 2. The summed E-state index contributed by atoms with van der Waals surface area (Å²) < 4.78 is 1.20. The molecule has 1 atom stereocenters. The minimum absolute atomic E-state index is 0.273. The van der Waals surface area contributed by atoms with E-state index in [1.807, 2.05) is 0 Å². The minimum atomic E-state index is -0.874. The van der Waals surface area contributed by atoms with Crippen LogP contribution in [-0.2, 0) is 4.79 Å². The second-order valence-corrected chi connectivity index (χ2v) is 7.69. The predicted molar refractivity (Wildman–Crippen MR) is 107 cm³/mol. The molecular weight excluding hydrogens is 411 g/mol. The van der Waals surface area contributed by atoms with Gasteiger partial charge in [0.15, 0.2) is 0 Å². The first-order valence-electron chi connectivity index (χ1n) is 7.76.